The minimum Gasteiger partial charge on any atom is -0.495 e. The molecule has 0 aliphatic heterocycles. The number of aryl methyl sites for hydroxylation is 2. The maximum Gasteiger partial charge on any atom is 0.196 e. The molecule has 1 aromatic heterocycles. The van der Waals surface area contributed by atoms with E-state index >= 15 is 0 Å². The quantitative estimate of drug-likeness (QED) is 0.359. The van der Waals surface area contributed by atoms with Crippen molar-refractivity contribution in [1.82, 2.24) is 14.8 Å². The molecule has 0 amide bonds. The van der Waals surface area contributed by atoms with Gasteiger partial charge in [0.15, 0.2) is 5.16 Å². The van der Waals surface area contributed by atoms with Crippen LogP contribution in [0.1, 0.15) is 28.1 Å². The summed E-state index contributed by atoms with van der Waals surface area (Å²) in [5, 5.41) is 9.97. The Morgan fingerprint density at radius 3 is 2.47 bits per heavy atom. The summed E-state index contributed by atoms with van der Waals surface area (Å²) < 4.78 is 7.77. The van der Waals surface area contributed by atoms with Crippen molar-refractivity contribution in [3.63, 3.8) is 0 Å². The van der Waals surface area contributed by atoms with E-state index < -0.39 is 0 Å². The Hall–Kier alpha value is -3.05. The van der Waals surface area contributed by atoms with Crippen LogP contribution >= 0.6 is 11.8 Å². The number of nitrogens with zero attached hydrogens (tertiary/aromatic N) is 3. The number of hydrogen-bond donors (Lipinski definition) is 0. The third-order valence-corrected chi connectivity index (χ3v) is 6.07. The summed E-state index contributed by atoms with van der Waals surface area (Å²) in [5.74, 6) is 2.54. The molecule has 3 aromatic carbocycles. The third-order valence-electron chi connectivity index (χ3n) is 5.09. The molecule has 0 aliphatic rings. The molecular weight excluding hydrogens is 390 g/mol. The first-order chi connectivity index (χ1) is 14.7. The number of benzene rings is 3. The van der Waals surface area contributed by atoms with Gasteiger partial charge in [-0.05, 0) is 42.7 Å². The molecule has 0 N–H and O–H groups in total. The number of ether oxygens (including phenoxy) is 1. The first kappa shape index (κ1) is 20.2. The number of rotatable bonds is 7. The lowest BCUT2D eigenvalue weighted by atomic mass is 10.1. The molecule has 4 aromatic rings. The average Bonchev–Trinajstić information content (AvgIpc) is 3.17. The van der Waals surface area contributed by atoms with E-state index in [0.717, 1.165) is 28.2 Å². The third kappa shape index (κ3) is 4.41. The molecule has 0 unspecified atom stereocenters. The number of hydrogen-bond acceptors (Lipinski definition) is 4. The second kappa shape index (κ2) is 9.18. The first-order valence-corrected chi connectivity index (χ1v) is 10.9. The monoisotopic (exact) mass is 415 g/mol. The highest BCUT2D eigenvalue weighted by Crippen LogP contribution is 2.31. The van der Waals surface area contributed by atoms with Gasteiger partial charge in [-0.2, -0.15) is 0 Å². The van der Waals surface area contributed by atoms with Crippen molar-refractivity contribution in [2.45, 2.75) is 31.2 Å². The molecule has 0 saturated heterocycles. The molecule has 0 aliphatic carbocycles. The average molecular weight is 416 g/mol. The highest BCUT2D eigenvalue weighted by atomic mass is 32.2. The first-order valence-electron chi connectivity index (χ1n) is 9.96. The molecular formula is C25H25N3OS. The van der Waals surface area contributed by atoms with Crippen molar-refractivity contribution in [3.8, 4) is 11.4 Å². The Kier molecular flexibility index (Phi) is 6.19. The topological polar surface area (TPSA) is 39.9 Å². The van der Waals surface area contributed by atoms with Gasteiger partial charge >= 0.3 is 0 Å². The normalized spacial score (nSPS) is 10.9. The highest BCUT2D eigenvalue weighted by Gasteiger charge is 2.18. The fraction of sp³-hybridized carbons (Fsp3) is 0.200. The summed E-state index contributed by atoms with van der Waals surface area (Å²) in [7, 11) is 1.70. The molecule has 0 spiro atoms. The summed E-state index contributed by atoms with van der Waals surface area (Å²) in [4.78, 5) is 0. The van der Waals surface area contributed by atoms with E-state index in [1.54, 1.807) is 18.9 Å². The van der Waals surface area contributed by atoms with Crippen molar-refractivity contribution in [3.05, 3.63) is 101 Å². The number of methoxy groups -OCH3 is 1. The van der Waals surface area contributed by atoms with Gasteiger partial charge in [-0.1, -0.05) is 78.0 Å². The maximum absolute atomic E-state index is 5.64. The molecule has 152 valence electrons. The van der Waals surface area contributed by atoms with Crippen molar-refractivity contribution in [2.75, 3.05) is 7.11 Å². The fourth-order valence-electron chi connectivity index (χ4n) is 3.44. The van der Waals surface area contributed by atoms with Crippen molar-refractivity contribution >= 4 is 11.8 Å². The van der Waals surface area contributed by atoms with Gasteiger partial charge in [0.2, 0.25) is 0 Å². The molecule has 30 heavy (non-hydrogen) atoms. The fourth-order valence-corrected chi connectivity index (χ4v) is 4.47. The van der Waals surface area contributed by atoms with E-state index in [-0.39, 0.29) is 0 Å². The molecule has 5 heteroatoms. The Bertz CT molecular complexity index is 1140. The van der Waals surface area contributed by atoms with Crippen LogP contribution in [0.3, 0.4) is 0 Å². The minimum atomic E-state index is 0.704. The summed E-state index contributed by atoms with van der Waals surface area (Å²) >= 11 is 1.70. The molecule has 4 rings (SSSR count). The van der Waals surface area contributed by atoms with Crippen molar-refractivity contribution in [2.24, 2.45) is 0 Å². The molecule has 0 radical (unpaired) electrons. The van der Waals surface area contributed by atoms with E-state index in [0.29, 0.717) is 6.42 Å². The van der Waals surface area contributed by atoms with Gasteiger partial charge in [-0.3, -0.25) is 4.57 Å². The van der Waals surface area contributed by atoms with Gasteiger partial charge in [-0.25, -0.2) is 0 Å². The lowest BCUT2D eigenvalue weighted by Crippen LogP contribution is -2.05. The van der Waals surface area contributed by atoms with Crippen molar-refractivity contribution in [1.29, 1.82) is 0 Å². The van der Waals surface area contributed by atoms with Gasteiger partial charge in [-0.15, -0.1) is 10.2 Å². The summed E-state index contributed by atoms with van der Waals surface area (Å²) in [6.07, 6.45) is 0.704. The van der Waals surface area contributed by atoms with Crippen LogP contribution in [-0.2, 0) is 12.2 Å². The largest absolute Gasteiger partial charge is 0.495 e. The van der Waals surface area contributed by atoms with Gasteiger partial charge in [0.1, 0.15) is 11.6 Å². The summed E-state index contributed by atoms with van der Waals surface area (Å²) in [6.45, 7) is 4.28. The van der Waals surface area contributed by atoms with Crippen LogP contribution in [0.5, 0.6) is 5.75 Å². The van der Waals surface area contributed by atoms with Crippen LogP contribution in [0, 0.1) is 13.8 Å². The van der Waals surface area contributed by atoms with E-state index in [4.69, 9.17) is 4.74 Å². The Morgan fingerprint density at radius 1 is 0.900 bits per heavy atom. The molecule has 0 atom stereocenters. The van der Waals surface area contributed by atoms with E-state index in [1.807, 2.05) is 24.3 Å². The predicted octanol–water partition coefficient (Wildman–Crippen LogP) is 5.78. The van der Waals surface area contributed by atoms with Crippen LogP contribution in [0.15, 0.2) is 78.0 Å². The number of thioether (sulfide) groups is 1. The van der Waals surface area contributed by atoms with Crippen LogP contribution in [-0.4, -0.2) is 21.9 Å². The lowest BCUT2D eigenvalue weighted by Gasteiger charge is -2.14. The number of para-hydroxylation sites is 2. The van der Waals surface area contributed by atoms with Crippen LogP contribution in [0.2, 0.25) is 0 Å². The summed E-state index contributed by atoms with van der Waals surface area (Å²) in [5.41, 5.74) is 6.04. The Balaban J connectivity index is 1.72. The predicted molar refractivity (Wildman–Crippen MR) is 123 cm³/mol. The zero-order chi connectivity index (χ0) is 20.9. The van der Waals surface area contributed by atoms with Gasteiger partial charge in [0, 0.05) is 12.2 Å². The maximum atomic E-state index is 5.64. The number of aromatic nitrogens is 3. The Morgan fingerprint density at radius 2 is 1.67 bits per heavy atom. The molecule has 0 saturated carbocycles. The molecule has 1 heterocycles. The smallest absolute Gasteiger partial charge is 0.196 e. The summed E-state index contributed by atoms with van der Waals surface area (Å²) in [6, 6.07) is 25.0. The van der Waals surface area contributed by atoms with Crippen LogP contribution in [0.25, 0.3) is 5.69 Å². The SMILES string of the molecule is COc1ccccc1-n1c(Cc2ccccc2)nnc1SCc1cc(C)ccc1C. The van der Waals surface area contributed by atoms with Gasteiger partial charge in [0.25, 0.3) is 0 Å². The lowest BCUT2D eigenvalue weighted by molar-refractivity contribution is 0.411. The van der Waals surface area contributed by atoms with E-state index in [1.165, 1.54) is 22.3 Å². The highest BCUT2D eigenvalue weighted by molar-refractivity contribution is 7.98. The Labute approximate surface area is 181 Å². The van der Waals surface area contributed by atoms with Gasteiger partial charge < -0.3 is 4.74 Å². The van der Waals surface area contributed by atoms with Crippen molar-refractivity contribution < 1.29 is 4.74 Å². The molecule has 0 fully saturated rings. The minimum absolute atomic E-state index is 0.704. The second-order valence-electron chi connectivity index (χ2n) is 7.29. The zero-order valence-corrected chi connectivity index (χ0v) is 18.3. The second-order valence-corrected chi connectivity index (χ2v) is 8.23. The zero-order valence-electron chi connectivity index (χ0n) is 17.5. The standard InChI is InChI=1S/C25H25N3OS/c1-18-13-14-19(2)21(15-18)17-30-25-27-26-24(16-20-9-5-4-6-10-20)28(25)22-11-7-8-12-23(22)29-3/h4-15H,16-17H2,1-3H3. The molecule has 4 nitrogen and oxygen atoms in total. The van der Waals surface area contributed by atoms with E-state index in [9.17, 15) is 0 Å². The van der Waals surface area contributed by atoms with Gasteiger partial charge in [0.05, 0.1) is 12.8 Å². The van der Waals surface area contributed by atoms with Crippen LogP contribution < -0.4 is 4.74 Å². The molecule has 0 bridgehead atoms. The van der Waals surface area contributed by atoms with E-state index in [2.05, 4.69) is 77.1 Å². The van der Waals surface area contributed by atoms with Crippen LogP contribution in [0.4, 0.5) is 0 Å².